The molecule has 2 aromatic rings. The minimum atomic E-state index is -0.345. The lowest BCUT2D eigenvalue weighted by Gasteiger charge is -2.34. The Hall–Kier alpha value is -1.30. The van der Waals surface area contributed by atoms with Crippen LogP contribution in [0.3, 0.4) is 0 Å². The predicted octanol–water partition coefficient (Wildman–Crippen LogP) is 2.53. The van der Waals surface area contributed by atoms with Gasteiger partial charge in [-0.3, -0.25) is 0 Å². The smallest absolute Gasteiger partial charge is 0.165 e. The second kappa shape index (κ2) is 6.64. The van der Waals surface area contributed by atoms with Crippen LogP contribution in [0.15, 0.2) is 47.9 Å². The molecule has 1 aromatic heterocycles. The molecule has 0 saturated heterocycles. The van der Waals surface area contributed by atoms with E-state index in [4.69, 9.17) is 0 Å². The van der Waals surface area contributed by atoms with E-state index in [1.807, 2.05) is 24.4 Å². The molecule has 0 amide bonds. The van der Waals surface area contributed by atoms with Gasteiger partial charge < -0.3 is 15.4 Å². The normalized spacial score (nSPS) is 17.6. The number of thioether (sulfide) groups is 1. The average molecular weight is 303 g/mol. The maximum atomic E-state index is 10.1. The molecule has 1 atom stereocenters. The number of nitrogens with one attached hydrogen (secondary N) is 2. The zero-order valence-electron chi connectivity index (χ0n) is 12.0. The maximum Gasteiger partial charge on any atom is 0.165 e. The highest BCUT2D eigenvalue weighted by Gasteiger charge is 2.36. The Balaban J connectivity index is 1.71. The topological polar surface area (TPSA) is 60.9 Å². The molecular weight excluding hydrogens is 282 g/mol. The molecule has 0 bridgehead atoms. The summed E-state index contributed by atoms with van der Waals surface area (Å²) in [6.07, 6.45) is 6.89. The maximum absolute atomic E-state index is 10.1. The number of aromatic amines is 1. The van der Waals surface area contributed by atoms with Crippen LogP contribution in [0.5, 0.6) is 0 Å². The molecule has 112 valence electrons. The summed E-state index contributed by atoms with van der Waals surface area (Å²) in [5.41, 5.74) is 0.821. The fourth-order valence-corrected chi connectivity index (χ4v) is 3.47. The van der Waals surface area contributed by atoms with Crippen LogP contribution < -0.4 is 5.32 Å². The quantitative estimate of drug-likeness (QED) is 0.656. The molecule has 1 heterocycles. The molecule has 0 radical (unpaired) electrons. The largest absolute Gasteiger partial charge is 0.394 e. The molecule has 5 heteroatoms. The van der Waals surface area contributed by atoms with Crippen molar-refractivity contribution < 1.29 is 5.11 Å². The number of imidazole rings is 1. The number of H-pyrrole nitrogens is 1. The van der Waals surface area contributed by atoms with Crippen molar-refractivity contribution in [1.29, 1.82) is 0 Å². The van der Waals surface area contributed by atoms with Crippen LogP contribution in [0.25, 0.3) is 0 Å². The van der Waals surface area contributed by atoms with Gasteiger partial charge in [-0.25, -0.2) is 4.98 Å². The van der Waals surface area contributed by atoms with Gasteiger partial charge >= 0.3 is 0 Å². The third kappa shape index (κ3) is 3.67. The number of hydrogen-bond donors (Lipinski definition) is 3. The molecular formula is C16H21N3OS. The van der Waals surface area contributed by atoms with Gasteiger partial charge in [0, 0.05) is 24.2 Å². The van der Waals surface area contributed by atoms with E-state index in [2.05, 4.69) is 27.4 Å². The monoisotopic (exact) mass is 303 g/mol. The molecule has 1 unspecified atom stereocenters. The van der Waals surface area contributed by atoms with E-state index in [0.717, 1.165) is 17.3 Å². The SMILES string of the molecule is OCC(CCSc1ncc[nH]1)(NC1CC1)c1ccccc1. The Morgan fingerprint density at radius 3 is 2.76 bits per heavy atom. The Kier molecular flexibility index (Phi) is 4.63. The van der Waals surface area contributed by atoms with Gasteiger partial charge in [0.05, 0.1) is 12.1 Å². The van der Waals surface area contributed by atoms with E-state index >= 15 is 0 Å². The fraction of sp³-hybridized carbons (Fsp3) is 0.438. The summed E-state index contributed by atoms with van der Waals surface area (Å²) in [4.78, 5) is 7.34. The Bertz CT molecular complexity index is 542. The van der Waals surface area contributed by atoms with Crippen LogP contribution in [0.2, 0.25) is 0 Å². The number of aromatic nitrogens is 2. The Morgan fingerprint density at radius 1 is 1.33 bits per heavy atom. The summed E-state index contributed by atoms with van der Waals surface area (Å²) in [7, 11) is 0. The van der Waals surface area contributed by atoms with E-state index in [9.17, 15) is 5.11 Å². The van der Waals surface area contributed by atoms with Crippen molar-refractivity contribution in [2.75, 3.05) is 12.4 Å². The van der Waals surface area contributed by atoms with Gasteiger partial charge in [-0.2, -0.15) is 0 Å². The highest BCUT2D eigenvalue weighted by atomic mass is 32.2. The first-order valence-electron chi connectivity index (χ1n) is 7.39. The highest BCUT2D eigenvalue weighted by Crippen LogP contribution is 2.32. The van der Waals surface area contributed by atoms with Crippen molar-refractivity contribution in [1.82, 2.24) is 15.3 Å². The molecule has 21 heavy (non-hydrogen) atoms. The lowest BCUT2D eigenvalue weighted by Crippen LogP contribution is -2.47. The minimum Gasteiger partial charge on any atom is -0.394 e. The molecule has 4 nitrogen and oxygen atoms in total. The lowest BCUT2D eigenvalue weighted by atomic mass is 9.87. The summed E-state index contributed by atoms with van der Waals surface area (Å²) < 4.78 is 0. The van der Waals surface area contributed by atoms with Gasteiger partial charge in [0.25, 0.3) is 0 Å². The van der Waals surface area contributed by atoms with Gasteiger partial charge in [0.15, 0.2) is 5.16 Å². The van der Waals surface area contributed by atoms with Crippen LogP contribution >= 0.6 is 11.8 Å². The summed E-state index contributed by atoms with van der Waals surface area (Å²) in [5, 5.41) is 14.7. The van der Waals surface area contributed by atoms with E-state index in [1.165, 1.54) is 18.4 Å². The standard InChI is InChI=1S/C16H21N3OS/c20-12-16(19-14-6-7-14,13-4-2-1-3-5-13)8-11-21-15-17-9-10-18-15/h1-5,9-10,14,19-20H,6-8,11-12H2,(H,17,18). The van der Waals surface area contributed by atoms with Gasteiger partial charge in [-0.15, -0.1) is 0 Å². The second-order valence-electron chi connectivity index (χ2n) is 5.52. The third-order valence-corrected chi connectivity index (χ3v) is 4.80. The summed E-state index contributed by atoms with van der Waals surface area (Å²) >= 11 is 1.69. The van der Waals surface area contributed by atoms with Crippen LogP contribution in [0.1, 0.15) is 24.8 Å². The summed E-state index contributed by atoms with van der Waals surface area (Å²) in [6, 6.07) is 10.8. The van der Waals surface area contributed by atoms with E-state index in [0.29, 0.717) is 6.04 Å². The van der Waals surface area contributed by atoms with Crippen LogP contribution in [0.4, 0.5) is 0 Å². The van der Waals surface area contributed by atoms with Crippen LogP contribution in [0, 0.1) is 0 Å². The molecule has 1 saturated carbocycles. The van der Waals surface area contributed by atoms with Crippen molar-refractivity contribution in [3.8, 4) is 0 Å². The molecule has 1 fully saturated rings. The van der Waals surface area contributed by atoms with Crippen molar-refractivity contribution >= 4 is 11.8 Å². The van der Waals surface area contributed by atoms with Crippen molar-refractivity contribution in [2.45, 2.75) is 36.0 Å². The first-order valence-corrected chi connectivity index (χ1v) is 8.37. The van der Waals surface area contributed by atoms with Gasteiger partial charge in [-0.1, -0.05) is 42.1 Å². The van der Waals surface area contributed by atoms with Crippen LogP contribution in [-0.2, 0) is 5.54 Å². The molecule has 1 aromatic carbocycles. The predicted molar refractivity (Wildman–Crippen MR) is 85.3 cm³/mol. The molecule has 3 N–H and O–H groups in total. The van der Waals surface area contributed by atoms with Crippen LogP contribution in [-0.4, -0.2) is 33.5 Å². The number of aliphatic hydroxyl groups is 1. The molecule has 1 aliphatic carbocycles. The zero-order valence-corrected chi connectivity index (χ0v) is 12.8. The molecule has 1 aliphatic rings. The fourth-order valence-electron chi connectivity index (χ4n) is 2.54. The summed E-state index contributed by atoms with van der Waals surface area (Å²) in [6.45, 7) is 0.117. The number of rotatable bonds is 8. The van der Waals surface area contributed by atoms with Crippen molar-refractivity contribution in [2.24, 2.45) is 0 Å². The number of hydrogen-bond acceptors (Lipinski definition) is 4. The second-order valence-corrected chi connectivity index (χ2v) is 6.60. The average Bonchev–Trinajstić information content (AvgIpc) is 3.19. The first-order chi connectivity index (χ1) is 10.3. The van der Waals surface area contributed by atoms with E-state index < -0.39 is 0 Å². The Morgan fingerprint density at radius 2 is 2.14 bits per heavy atom. The van der Waals surface area contributed by atoms with E-state index in [1.54, 1.807) is 18.0 Å². The lowest BCUT2D eigenvalue weighted by molar-refractivity contribution is 0.154. The number of benzene rings is 1. The molecule has 0 spiro atoms. The minimum absolute atomic E-state index is 0.117. The highest BCUT2D eigenvalue weighted by molar-refractivity contribution is 7.99. The molecule has 3 rings (SSSR count). The Labute approximate surface area is 129 Å². The third-order valence-electron chi connectivity index (χ3n) is 3.89. The van der Waals surface area contributed by atoms with Crippen molar-refractivity contribution in [3.63, 3.8) is 0 Å². The summed E-state index contributed by atoms with van der Waals surface area (Å²) in [5.74, 6) is 0.905. The van der Waals surface area contributed by atoms with Crippen molar-refractivity contribution in [3.05, 3.63) is 48.3 Å². The van der Waals surface area contributed by atoms with Gasteiger partial charge in [0.2, 0.25) is 0 Å². The number of nitrogens with zero attached hydrogens (tertiary/aromatic N) is 1. The van der Waals surface area contributed by atoms with Gasteiger partial charge in [0.1, 0.15) is 0 Å². The molecule has 0 aliphatic heterocycles. The zero-order chi connectivity index (χ0) is 14.5. The number of aliphatic hydroxyl groups excluding tert-OH is 1. The first kappa shape index (κ1) is 14.6. The van der Waals surface area contributed by atoms with E-state index in [-0.39, 0.29) is 12.1 Å². The van der Waals surface area contributed by atoms with Gasteiger partial charge in [-0.05, 0) is 24.8 Å².